The molecule has 2 fully saturated rings. The number of carbonyl (C=O) groups excluding carboxylic acids is 1. The van der Waals surface area contributed by atoms with E-state index in [1.54, 1.807) is 0 Å². The monoisotopic (exact) mass is 297 g/mol. The smallest absolute Gasteiger partial charge is 0.317 e. The molecule has 5 nitrogen and oxygen atoms in total. The minimum absolute atomic E-state index is 0.0145. The molecule has 2 aliphatic rings. The summed E-state index contributed by atoms with van der Waals surface area (Å²) in [6.45, 7) is 12.6. The molecule has 0 aromatic carbocycles. The summed E-state index contributed by atoms with van der Waals surface area (Å²) in [6, 6.07) is 0.106. The third kappa shape index (κ3) is 4.58. The average molecular weight is 297 g/mol. The molecule has 0 spiro atoms. The quantitative estimate of drug-likeness (QED) is 0.862. The number of likely N-dealkylation sites (tertiary alicyclic amines) is 1. The second kappa shape index (κ2) is 7.45. The largest absolute Gasteiger partial charge is 0.379 e. The SMILES string of the molecule is CCC1CCCN(C(=O)NCC(C)(C)N2CCOCC2)C1. The minimum atomic E-state index is -0.0145. The molecule has 5 heteroatoms. The van der Waals surface area contributed by atoms with Crippen molar-refractivity contribution in [1.82, 2.24) is 15.1 Å². The number of hydrogen-bond donors (Lipinski definition) is 1. The van der Waals surface area contributed by atoms with Gasteiger partial charge >= 0.3 is 6.03 Å². The van der Waals surface area contributed by atoms with Gasteiger partial charge < -0.3 is 15.0 Å². The molecule has 2 heterocycles. The first-order valence-electron chi connectivity index (χ1n) is 8.38. The fourth-order valence-electron chi connectivity index (χ4n) is 3.27. The number of hydrogen-bond acceptors (Lipinski definition) is 3. The topological polar surface area (TPSA) is 44.8 Å². The predicted molar refractivity (Wildman–Crippen MR) is 84.5 cm³/mol. The zero-order valence-electron chi connectivity index (χ0n) is 13.9. The standard InChI is InChI=1S/C16H31N3O2/c1-4-14-6-5-7-18(12-14)15(20)17-13-16(2,3)19-8-10-21-11-9-19/h14H,4-13H2,1-3H3,(H,17,20). The average Bonchev–Trinajstić information content (AvgIpc) is 2.53. The lowest BCUT2D eigenvalue weighted by Gasteiger charge is -2.41. The summed E-state index contributed by atoms with van der Waals surface area (Å²) in [7, 11) is 0. The molecule has 2 saturated heterocycles. The van der Waals surface area contributed by atoms with Crippen molar-refractivity contribution in [1.29, 1.82) is 0 Å². The van der Waals surface area contributed by atoms with Crippen molar-refractivity contribution in [3.8, 4) is 0 Å². The lowest BCUT2D eigenvalue weighted by Crippen LogP contribution is -2.57. The molecule has 0 aromatic rings. The summed E-state index contributed by atoms with van der Waals surface area (Å²) < 4.78 is 5.40. The van der Waals surface area contributed by atoms with Crippen molar-refractivity contribution >= 4 is 6.03 Å². The number of carbonyl (C=O) groups is 1. The first-order chi connectivity index (χ1) is 10.0. The molecule has 1 atom stereocenters. The predicted octanol–water partition coefficient (Wildman–Crippen LogP) is 1.93. The zero-order valence-corrected chi connectivity index (χ0v) is 13.9. The second-order valence-electron chi connectivity index (χ2n) is 6.93. The van der Waals surface area contributed by atoms with Crippen LogP contribution in [-0.2, 0) is 4.74 Å². The van der Waals surface area contributed by atoms with Crippen molar-refractivity contribution in [2.75, 3.05) is 45.9 Å². The first-order valence-corrected chi connectivity index (χ1v) is 8.38. The van der Waals surface area contributed by atoms with Crippen LogP contribution >= 0.6 is 0 Å². The molecule has 2 rings (SSSR count). The van der Waals surface area contributed by atoms with Crippen LogP contribution in [0, 0.1) is 5.92 Å². The van der Waals surface area contributed by atoms with E-state index in [0.717, 1.165) is 45.8 Å². The van der Waals surface area contributed by atoms with Crippen LogP contribution in [0.25, 0.3) is 0 Å². The Morgan fingerprint density at radius 2 is 2.00 bits per heavy atom. The molecule has 122 valence electrons. The summed E-state index contributed by atoms with van der Waals surface area (Å²) >= 11 is 0. The summed E-state index contributed by atoms with van der Waals surface area (Å²) in [5.41, 5.74) is -0.0145. The number of urea groups is 1. The molecule has 1 unspecified atom stereocenters. The van der Waals surface area contributed by atoms with Gasteiger partial charge in [0, 0.05) is 38.3 Å². The fourth-order valence-corrected chi connectivity index (χ4v) is 3.27. The highest BCUT2D eigenvalue weighted by atomic mass is 16.5. The van der Waals surface area contributed by atoms with Crippen LogP contribution in [0.2, 0.25) is 0 Å². The van der Waals surface area contributed by atoms with E-state index in [2.05, 4.69) is 31.0 Å². The third-order valence-corrected chi connectivity index (χ3v) is 4.92. The van der Waals surface area contributed by atoms with Crippen LogP contribution in [0.15, 0.2) is 0 Å². The van der Waals surface area contributed by atoms with Crippen molar-refractivity contribution in [3.05, 3.63) is 0 Å². The molecule has 2 aliphatic heterocycles. The van der Waals surface area contributed by atoms with Crippen molar-refractivity contribution in [2.45, 2.75) is 45.6 Å². The van der Waals surface area contributed by atoms with Gasteiger partial charge in [0.15, 0.2) is 0 Å². The van der Waals surface area contributed by atoms with E-state index in [1.807, 2.05) is 4.90 Å². The van der Waals surface area contributed by atoms with Gasteiger partial charge in [-0.3, -0.25) is 4.90 Å². The van der Waals surface area contributed by atoms with Gasteiger partial charge in [-0.1, -0.05) is 13.3 Å². The molecule has 0 bridgehead atoms. The van der Waals surface area contributed by atoms with Crippen LogP contribution < -0.4 is 5.32 Å². The van der Waals surface area contributed by atoms with Crippen molar-refractivity contribution in [3.63, 3.8) is 0 Å². The Labute approximate surface area is 129 Å². The van der Waals surface area contributed by atoms with Gasteiger partial charge in [0.25, 0.3) is 0 Å². The van der Waals surface area contributed by atoms with E-state index in [0.29, 0.717) is 12.5 Å². The number of ether oxygens (including phenoxy) is 1. The Bertz CT molecular complexity index is 340. The Hall–Kier alpha value is -0.810. The van der Waals surface area contributed by atoms with Crippen LogP contribution in [-0.4, -0.2) is 67.3 Å². The Kier molecular flexibility index (Phi) is 5.88. The first kappa shape index (κ1) is 16.6. The number of rotatable bonds is 4. The summed E-state index contributed by atoms with van der Waals surface area (Å²) in [4.78, 5) is 16.8. The third-order valence-electron chi connectivity index (χ3n) is 4.92. The molecule has 0 saturated carbocycles. The van der Waals surface area contributed by atoms with Gasteiger partial charge in [-0.25, -0.2) is 4.79 Å². The maximum atomic E-state index is 12.4. The number of amides is 2. The highest BCUT2D eigenvalue weighted by Crippen LogP contribution is 2.19. The van der Waals surface area contributed by atoms with Crippen LogP contribution in [0.5, 0.6) is 0 Å². The lowest BCUT2D eigenvalue weighted by molar-refractivity contribution is -0.00914. The number of nitrogens with one attached hydrogen (secondary N) is 1. The summed E-state index contributed by atoms with van der Waals surface area (Å²) in [6.07, 6.45) is 3.57. The molecule has 0 radical (unpaired) electrons. The van der Waals surface area contributed by atoms with Gasteiger partial charge in [-0.2, -0.15) is 0 Å². The van der Waals surface area contributed by atoms with Gasteiger partial charge in [0.2, 0.25) is 0 Å². The zero-order chi connectivity index (χ0) is 15.3. The van der Waals surface area contributed by atoms with E-state index in [9.17, 15) is 4.79 Å². The van der Waals surface area contributed by atoms with Crippen LogP contribution in [0.3, 0.4) is 0 Å². The normalized spacial score (nSPS) is 24.9. The van der Waals surface area contributed by atoms with Gasteiger partial charge in [-0.15, -0.1) is 0 Å². The van der Waals surface area contributed by atoms with E-state index in [-0.39, 0.29) is 11.6 Å². The van der Waals surface area contributed by atoms with E-state index >= 15 is 0 Å². The number of piperidine rings is 1. The van der Waals surface area contributed by atoms with Gasteiger partial charge in [0.1, 0.15) is 0 Å². The maximum absolute atomic E-state index is 12.4. The van der Waals surface area contributed by atoms with Gasteiger partial charge in [0.05, 0.1) is 13.2 Å². The molecule has 1 N–H and O–H groups in total. The highest BCUT2D eigenvalue weighted by molar-refractivity contribution is 5.74. The maximum Gasteiger partial charge on any atom is 0.317 e. The minimum Gasteiger partial charge on any atom is -0.379 e. The number of nitrogens with zero attached hydrogens (tertiary/aromatic N) is 2. The van der Waals surface area contributed by atoms with Crippen molar-refractivity contribution < 1.29 is 9.53 Å². The molecule has 0 aromatic heterocycles. The van der Waals surface area contributed by atoms with E-state index < -0.39 is 0 Å². The molecule has 2 amide bonds. The van der Waals surface area contributed by atoms with Crippen molar-refractivity contribution in [2.24, 2.45) is 5.92 Å². The van der Waals surface area contributed by atoms with E-state index in [1.165, 1.54) is 12.8 Å². The van der Waals surface area contributed by atoms with E-state index in [4.69, 9.17) is 4.74 Å². The Morgan fingerprint density at radius 1 is 1.29 bits per heavy atom. The Morgan fingerprint density at radius 3 is 2.67 bits per heavy atom. The highest BCUT2D eigenvalue weighted by Gasteiger charge is 2.30. The molecular formula is C16H31N3O2. The summed E-state index contributed by atoms with van der Waals surface area (Å²) in [5, 5.41) is 3.14. The summed E-state index contributed by atoms with van der Waals surface area (Å²) in [5.74, 6) is 0.678. The van der Waals surface area contributed by atoms with Crippen LogP contribution in [0.1, 0.15) is 40.0 Å². The van der Waals surface area contributed by atoms with Gasteiger partial charge in [-0.05, 0) is 32.6 Å². The Balaban J connectivity index is 1.79. The lowest BCUT2D eigenvalue weighted by atomic mass is 9.96. The molecular weight excluding hydrogens is 266 g/mol. The molecule has 21 heavy (non-hydrogen) atoms. The molecule has 0 aliphatic carbocycles. The van der Waals surface area contributed by atoms with Crippen LogP contribution in [0.4, 0.5) is 4.79 Å². The second-order valence-corrected chi connectivity index (χ2v) is 6.93. The number of morpholine rings is 1. The fraction of sp³-hybridized carbons (Fsp3) is 0.938.